The minimum Gasteiger partial charge on any atom is -0.378 e. The SMILES string of the molecule is CN(C)c1ccc(NC(=O)C(=O)NCCc2c[nH]c3ccccc23)cc1. The molecule has 3 N–H and O–H groups in total. The molecule has 2 amide bonds. The number of benzene rings is 2. The van der Waals surface area contributed by atoms with E-state index in [2.05, 4.69) is 15.6 Å². The largest absolute Gasteiger partial charge is 0.378 e. The Morgan fingerprint density at radius 3 is 2.46 bits per heavy atom. The van der Waals surface area contributed by atoms with Gasteiger partial charge < -0.3 is 20.5 Å². The van der Waals surface area contributed by atoms with E-state index in [1.54, 1.807) is 12.1 Å². The molecule has 0 radical (unpaired) electrons. The Bertz CT molecular complexity index is 913. The second-order valence-corrected chi connectivity index (χ2v) is 6.26. The zero-order chi connectivity index (χ0) is 18.5. The minimum atomic E-state index is -0.665. The number of nitrogens with zero attached hydrogens (tertiary/aromatic N) is 1. The molecule has 0 saturated carbocycles. The van der Waals surface area contributed by atoms with Crippen molar-refractivity contribution in [3.05, 3.63) is 60.3 Å². The topological polar surface area (TPSA) is 77.2 Å². The summed E-state index contributed by atoms with van der Waals surface area (Å²) in [6.45, 7) is 0.396. The van der Waals surface area contributed by atoms with E-state index in [4.69, 9.17) is 0 Å². The monoisotopic (exact) mass is 350 g/mol. The molecule has 0 bridgehead atoms. The van der Waals surface area contributed by atoms with Gasteiger partial charge in [-0.1, -0.05) is 18.2 Å². The Balaban J connectivity index is 1.50. The molecule has 0 aliphatic rings. The Kier molecular flexibility index (Phi) is 5.22. The lowest BCUT2D eigenvalue weighted by molar-refractivity contribution is -0.136. The van der Waals surface area contributed by atoms with E-state index in [0.29, 0.717) is 18.7 Å². The summed E-state index contributed by atoms with van der Waals surface area (Å²) >= 11 is 0. The van der Waals surface area contributed by atoms with Crippen LogP contribution in [0.5, 0.6) is 0 Å². The fourth-order valence-electron chi connectivity index (χ4n) is 2.76. The summed E-state index contributed by atoms with van der Waals surface area (Å²) in [6.07, 6.45) is 2.59. The van der Waals surface area contributed by atoms with E-state index in [-0.39, 0.29) is 0 Å². The van der Waals surface area contributed by atoms with Crippen LogP contribution in [0.15, 0.2) is 54.7 Å². The maximum atomic E-state index is 12.0. The molecule has 2 aromatic carbocycles. The highest BCUT2D eigenvalue weighted by atomic mass is 16.2. The Morgan fingerprint density at radius 2 is 1.73 bits per heavy atom. The number of hydrogen-bond acceptors (Lipinski definition) is 3. The number of rotatable bonds is 5. The van der Waals surface area contributed by atoms with Crippen molar-refractivity contribution in [2.45, 2.75) is 6.42 Å². The molecule has 3 rings (SSSR count). The number of hydrogen-bond donors (Lipinski definition) is 3. The van der Waals surface area contributed by atoms with Gasteiger partial charge in [0.2, 0.25) is 0 Å². The van der Waals surface area contributed by atoms with E-state index in [9.17, 15) is 9.59 Å². The predicted octanol–water partition coefficient (Wildman–Crippen LogP) is 2.53. The molecule has 6 heteroatoms. The number of para-hydroxylation sites is 1. The lowest BCUT2D eigenvalue weighted by Crippen LogP contribution is -2.36. The van der Waals surface area contributed by atoms with Gasteiger partial charge in [-0.05, 0) is 42.3 Å². The molecule has 0 unspecified atom stereocenters. The molecule has 0 saturated heterocycles. The first kappa shape index (κ1) is 17.5. The molecule has 0 fully saturated rings. The van der Waals surface area contributed by atoms with Crippen molar-refractivity contribution < 1.29 is 9.59 Å². The Hall–Kier alpha value is -3.28. The van der Waals surface area contributed by atoms with E-state index in [0.717, 1.165) is 22.2 Å². The predicted molar refractivity (Wildman–Crippen MR) is 104 cm³/mol. The van der Waals surface area contributed by atoms with Gasteiger partial charge in [0.15, 0.2) is 0 Å². The molecule has 1 aromatic heterocycles. The van der Waals surface area contributed by atoms with Crippen molar-refractivity contribution in [2.24, 2.45) is 0 Å². The third kappa shape index (κ3) is 4.03. The highest BCUT2D eigenvalue weighted by Crippen LogP contribution is 2.18. The number of H-pyrrole nitrogens is 1. The second kappa shape index (κ2) is 7.74. The molecule has 26 heavy (non-hydrogen) atoms. The van der Waals surface area contributed by atoms with Gasteiger partial charge in [0, 0.05) is 49.1 Å². The fourth-order valence-corrected chi connectivity index (χ4v) is 2.76. The average Bonchev–Trinajstić information content (AvgIpc) is 3.05. The molecule has 0 aliphatic heterocycles. The number of carbonyl (C=O) groups is 2. The van der Waals surface area contributed by atoms with Crippen LogP contribution in [0.2, 0.25) is 0 Å². The first-order valence-corrected chi connectivity index (χ1v) is 8.46. The van der Waals surface area contributed by atoms with Crippen LogP contribution in [-0.4, -0.2) is 37.4 Å². The van der Waals surface area contributed by atoms with Crippen LogP contribution in [0.3, 0.4) is 0 Å². The van der Waals surface area contributed by atoms with Gasteiger partial charge in [0.25, 0.3) is 0 Å². The van der Waals surface area contributed by atoms with E-state index < -0.39 is 11.8 Å². The number of fused-ring (bicyclic) bond motifs is 1. The maximum Gasteiger partial charge on any atom is 0.313 e. The van der Waals surface area contributed by atoms with Crippen molar-refractivity contribution in [3.8, 4) is 0 Å². The van der Waals surface area contributed by atoms with Gasteiger partial charge in [-0.3, -0.25) is 9.59 Å². The normalized spacial score (nSPS) is 10.5. The average molecular weight is 350 g/mol. The number of carbonyl (C=O) groups excluding carboxylic acids is 2. The van der Waals surface area contributed by atoms with Crippen molar-refractivity contribution in [1.29, 1.82) is 0 Å². The zero-order valence-electron chi connectivity index (χ0n) is 14.9. The fraction of sp³-hybridized carbons (Fsp3) is 0.200. The number of aromatic amines is 1. The van der Waals surface area contributed by atoms with Crippen LogP contribution < -0.4 is 15.5 Å². The van der Waals surface area contributed by atoms with E-state index >= 15 is 0 Å². The van der Waals surface area contributed by atoms with Gasteiger partial charge in [-0.25, -0.2) is 0 Å². The highest BCUT2D eigenvalue weighted by Gasteiger charge is 2.13. The third-order valence-electron chi connectivity index (χ3n) is 4.20. The maximum absolute atomic E-state index is 12.0. The summed E-state index contributed by atoms with van der Waals surface area (Å²) in [6, 6.07) is 15.3. The van der Waals surface area contributed by atoms with Crippen LogP contribution in [0.25, 0.3) is 10.9 Å². The molecule has 134 valence electrons. The first-order chi connectivity index (χ1) is 12.5. The molecule has 3 aromatic rings. The number of aromatic nitrogens is 1. The number of nitrogens with one attached hydrogen (secondary N) is 3. The van der Waals surface area contributed by atoms with Crippen LogP contribution in [0.4, 0.5) is 11.4 Å². The summed E-state index contributed by atoms with van der Waals surface area (Å²) in [7, 11) is 3.88. The van der Waals surface area contributed by atoms with Gasteiger partial charge in [-0.2, -0.15) is 0 Å². The molecule has 1 heterocycles. The van der Waals surface area contributed by atoms with Crippen LogP contribution in [0.1, 0.15) is 5.56 Å². The van der Waals surface area contributed by atoms with Crippen molar-refractivity contribution in [3.63, 3.8) is 0 Å². The van der Waals surface area contributed by atoms with Crippen molar-refractivity contribution in [1.82, 2.24) is 10.3 Å². The molecular formula is C20H22N4O2. The summed E-state index contributed by atoms with van der Waals surface area (Å²) in [4.78, 5) is 29.1. The Morgan fingerprint density at radius 1 is 1.00 bits per heavy atom. The van der Waals surface area contributed by atoms with E-state index in [1.165, 1.54) is 0 Å². The summed E-state index contributed by atoms with van der Waals surface area (Å²) in [5.74, 6) is -1.30. The lowest BCUT2D eigenvalue weighted by atomic mass is 10.1. The van der Waals surface area contributed by atoms with Gasteiger partial charge in [0.1, 0.15) is 0 Å². The quantitative estimate of drug-likeness (QED) is 0.619. The van der Waals surface area contributed by atoms with Crippen molar-refractivity contribution >= 4 is 34.1 Å². The third-order valence-corrected chi connectivity index (χ3v) is 4.20. The molecule has 0 atom stereocenters. The van der Waals surface area contributed by atoms with Crippen LogP contribution in [-0.2, 0) is 16.0 Å². The Labute approximate surface area is 152 Å². The second-order valence-electron chi connectivity index (χ2n) is 6.26. The smallest absolute Gasteiger partial charge is 0.313 e. The minimum absolute atomic E-state index is 0.396. The van der Waals surface area contributed by atoms with E-state index in [1.807, 2.05) is 61.6 Å². The number of amides is 2. The standard InChI is InChI=1S/C20H22N4O2/c1-24(2)16-9-7-15(8-10-16)23-20(26)19(25)21-12-11-14-13-22-18-6-4-3-5-17(14)18/h3-10,13,22H,11-12H2,1-2H3,(H,21,25)(H,23,26). The molecule has 0 spiro atoms. The summed E-state index contributed by atoms with van der Waals surface area (Å²) in [5, 5.41) is 6.40. The summed E-state index contributed by atoms with van der Waals surface area (Å²) < 4.78 is 0. The molecule has 6 nitrogen and oxygen atoms in total. The number of anilines is 2. The summed E-state index contributed by atoms with van der Waals surface area (Å²) in [5.41, 5.74) is 3.78. The van der Waals surface area contributed by atoms with Crippen molar-refractivity contribution in [2.75, 3.05) is 30.9 Å². The molecule has 0 aliphatic carbocycles. The first-order valence-electron chi connectivity index (χ1n) is 8.46. The van der Waals surface area contributed by atoms with Gasteiger partial charge in [0.05, 0.1) is 0 Å². The highest BCUT2D eigenvalue weighted by molar-refractivity contribution is 6.39. The zero-order valence-corrected chi connectivity index (χ0v) is 14.9. The van der Waals surface area contributed by atoms with Crippen LogP contribution in [0, 0.1) is 0 Å². The van der Waals surface area contributed by atoms with Gasteiger partial charge in [-0.15, -0.1) is 0 Å². The van der Waals surface area contributed by atoms with Gasteiger partial charge >= 0.3 is 11.8 Å². The van der Waals surface area contributed by atoms with Crippen LogP contribution >= 0.6 is 0 Å². The molecular weight excluding hydrogens is 328 g/mol. The lowest BCUT2D eigenvalue weighted by Gasteiger charge is -2.13.